The second kappa shape index (κ2) is 10.3. The van der Waals surface area contributed by atoms with E-state index in [2.05, 4.69) is 6.92 Å². The van der Waals surface area contributed by atoms with Crippen LogP contribution in [0.25, 0.3) is 0 Å². The zero-order valence-electron chi connectivity index (χ0n) is 14.7. The van der Waals surface area contributed by atoms with Crippen molar-refractivity contribution in [3.63, 3.8) is 0 Å². The van der Waals surface area contributed by atoms with Crippen LogP contribution >= 0.6 is 11.8 Å². The van der Waals surface area contributed by atoms with Gasteiger partial charge in [-0.25, -0.2) is 0 Å². The molecule has 1 atom stereocenters. The first-order chi connectivity index (χ1) is 12.0. The summed E-state index contributed by atoms with van der Waals surface area (Å²) in [5.41, 5.74) is -0.612. The lowest BCUT2D eigenvalue weighted by molar-refractivity contribution is -0.140. The van der Waals surface area contributed by atoms with Crippen LogP contribution in [-0.4, -0.2) is 18.6 Å². The largest absolute Gasteiger partial charge is 0.464 e. The molecule has 0 aliphatic carbocycles. The van der Waals surface area contributed by atoms with Gasteiger partial charge in [0.05, 0.1) is 17.1 Å². The molecule has 1 unspecified atom stereocenters. The van der Waals surface area contributed by atoms with Gasteiger partial charge in [-0.15, -0.1) is 11.8 Å². The molecule has 0 radical (unpaired) electrons. The smallest absolute Gasteiger partial charge is 0.417 e. The molecule has 1 saturated heterocycles. The predicted molar refractivity (Wildman–Crippen MR) is 95.1 cm³/mol. The van der Waals surface area contributed by atoms with E-state index in [4.69, 9.17) is 9.47 Å². The molecule has 0 saturated carbocycles. The maximum absolute atomic E-state index is 13.4. The number of hydrogen-bond donors (Lipinski definition) is 0. The van der Waals surface area contributed by atoms with Gasteiger partial charge < -0.3 is 9.47 Å². The van der Waals surface area contributed by atoms with Crippen LogP contribution in [0, 0.1) is 0 Å². The minimum absolute atomic E-state index is 0.194. The van der Waals surface area contributed by atoms with E-state index in [1.807, 2.05) is 0 Å². The summed E-state index contributed by atoms with van der Waals surface area (Å²) in [5.74, 6) is 0.957. The van der Waals surface area contributed by atoms with Gasteiger partial charge in [-0.2, -0.15) is 13.2 Å². The molecule has 1 aliphatic rings. The standard InChI is InChI=1S/C19H27F3O2S/c1-2-3-4-5-6-7-14-25-18-15(19(20,21)22)10-8-11-16(18)24-17-12-9-13-23-17/h8,10-11,17H,2-7,9,12-14H2,1H3. The summed E-state index contributed by atoms with van der Waals surface area (Å²) in [6.07, 6.45) is 3.53. The van der Waals surface area contributed by atoms with E-state index in [0.29, 0.717) is 12.4 Å². The Balaban J connectivity index is 1.98. The summed E-state index contributed by atoms with van der Waals surface area (Å²) in [7, 11) is 0. The van der Waals surface area contributed by atoms with Gasteiger partial charge in [0, 0.05) is 6.42 Å². The third-order valence-electron chi connectivity index (χ3n) is 4.17. The maximum Gasteiger partial charge on any atom is 0.417 e. The first kappa shape index (κ1) is 20.4. The zero-order valence-corrected chi connectivity index (χ0v) is 15.6. The van der Waals surface area contributed by atoms with Crippen molar-refractivity contribution in [2.24, 2.45) is 0 Å². The summed E-state index contributed by atoms with van der Waals surface area (Å²) in [5, 5.41) is 0. The number of thioether (sulfide) groups is 1. The van der Waals surface area contributed by atoms with Crippen molar-refractivity contribution >= 4 is 11.8 Å². The molecule has 1 fully saturated rings. The molecule has 142 valence electrons. The Kier molecular flexibility index (Phi) is 8.43. The van der Waals surface area contributed by atoms with Crippen molar-refractivity contribution in [1.29, 1.82) is 0 Å². The van der Waals surface area contributed by atoms with Crippen LogP contribution in [0.15, 0.2) is 23.1 Å². The highest BCUT2D eigenvalue weighted by Gasteiger charge is 2.35. The van der Waals surface area contributed by atoms with Gasteiger partial charge in [0.2, 0.25) is 0 Å². The van der Waals surface area contributed by atoms with E-state index in [-0.39, 0.29) is 10.6 Å². The van der Waals surface area contributed by atoms with E-state index < -0.39 is 18.0 Å². The van der Waals surface area contributed by atoms with Crippen LogP contribution in [0.5, 0.6) is 5.75 Å². The fourth-order valence-corrected chi connectivity index (χ4v) is 3.97. The van der Waals surface area contributed by atoms with Crippen molar-refractivity contribution in [3.8, 4) is 5.75 Å². The van der Waals surface area contributed by atoms with Crippen LogP contribution in [0.4, 0.5) is 13.2 Å². The molecular weight excluding hydrogens is 349 g/mol. The number of halogens is 3. The van der Waals surface area contributed by atoms with Gasteiger partial charge in [-0.05, 0) is 30.7 Å². The lowest BCUT2D eigenvalue weighted by Crippen LogP contribution is -2.16. The van der Waals surface area contributed by atoms with Gasteiger partial charge in [0.15, 0.2) is 6.29 Å². The monoisotopic (exact) mass is 376 g/mol. The van der Waals surface area contributed by atoms with E-state index >= 15 is 0 Å². The average molecular weight is 376 g/mol. The average Bonchev–Trinajstić information content (AvgIpc) is 3.07. The quantitative estimate of drug-likeness (QED) is 0.335. The molecule has 0 bridgehead atoms. The molecule has 1 aromatic rings. The molecule has 0 amide bonds. The summed E-state index contributed by atoms with van der Waals surface area (Å²) < 4.78 is 51.2. The molecule has 25 heavy (non-hydrogen) atoms. The minimum atomic E-state index is -4.38. The Morgan fingerprint density at radius 2 is 1.92 bits per heavy atom. The molecule has 2 rings (SSSR count). The van der Waals surface area contributed by atoms with Crippen LogP contribution in [0.2, 0.25) is 0 Å². The fraction of sp³-hybridized carbons (Fsp3) is 0.684. The van der Waals surface area contributed by atoms with E-state index in [0.717, 1.165) is 38.2 Å². The van der Waals surface area contributed by atoms with Gasteiger partial charge in [-0.3, -0.25) is 0 Å². The molecule has 1 aliphatic heterocycles. The predicted octanol–water partition coefficient (Wildman–Crippen LogP) is 6.67. The summed E-state index contributed by atoms with van der Waals surface area (Å²) in [6, 6.07) is 4.15. The Morgan fingerprint density at radius 1 is 1.16 bits per heavy atom. The van der Waals surface area contributed by atoms with Crippen molar-refractivity contribution in [2.45, 2.75) is 75.7 Å². The molecule has 0 spiro atoms. The Bertz CT molecular complexity index is 514. The zero-order chi connectivity index (χ0) is 18.1. The van der Waals surface area contributed by atoms with Crippen LogP contribution in [-0.2, 0) is 10.9 Å². The van der Waals surface area contributed by atoms with Gasteiger partial charge >= 0.3 is 6.18 Å². The maximum atomic E-state index is 13.4. The lowest BCUT2D eigenvalue weighted by Gasteiger charge is -2.19. The van der Waals surface area contributed by atoms with E-state index in [1.165, 1.54) is 37.1 Å². The van der Waals surface area contributed by atoms with Crippen molar-refractivity contribution < 1.29 is 22.6 Å². The van der Waals surface area contributed by atoms with Crippen molar-refractivity contribution in [2.75, 3.05) is 12.4 Å². The molecular formula is C19H27F3O2S. The summed E-state index contributed by atoms with van der Waals surface area (Å²) >= 11 is 1.25. The van der Waals surface area contributed by atoms with Gasteiger partial charge in [0.1, 0.15) is 5.75 Å². The molecule has 6 heteroatoms. The first-order valence-electron chi connectivity index (χ1n) is 9.13. The molecule has 2 nitrogen and oxygen atoms in total. The number of benzene rings is 1. The summed E-state index contributed by atoms with van der Waals surface area (Å²) in [6.45, 7) is 2.77. The molecule has 0 aromatic heterocycles. The van der Waals surface area contributed by atoms with Gasteiger partial charge in [-0.1, -0.05) is 45.1 Å². The van der Waals surface area contributed by atoms with Crippen LogP contribution < -0.4 is 4.74 Å². The molecule has 0 N–H and O–H groups in total. The highest BCUT2D eigenvalue weighted by Crippen LogP contribution is 2.42. The topological polar surface area (TPSA) is 18.5 Å². The minimum Gasteiger partial charge on any atom is -0.464 e. The van der Waals surface area contributed by atoms with Crippen molar-refractivity contribution in [1.82, 2.24) is 0 Å². The van der Waals surface area contributed by atoms with Crippen LogP contribution in [0.3, 0.4) is 0 Å². The number of unbranched alkanes of at least 4 members (excludes halogenated alkanes) is 5. The second-order valence-corrected chi connectivity index (χ2v) is 7.41. The third kappa shape index (κ3) is 6.74. The number of ether oxygens (including phenoxy) is 2. The molecule has 1 aromatic carbocycles. The SMILES string of the molecule is CCCCCCCCSc1c(OC2CCCO2)cccc1C(F)(F)F. The highest BCUT2D eigenvalue weighted by molar-refractivity contribution is 7.99. The lowest BCUT2D eigenvalue weighted by atomic mass is 10.1. The third-order valence-corrected chi connectivity index (χ3v) is 5.38. The van der Waals surface area contributed by atoms with E-state index in [9.17, 15) is 13.2 Å². The van der Waals surface area contributed by atoms with Crippen LogP contribution in [0.1, 0.15) is 63.9 Å². The number of alkyl halides is 3. The highest BCUT2D eigenvalue weighted by atomic mass is 32.2. The second-order valence-electron chi connectivity index (χ2n) is 6.31. The van der Waals surface area contributed by atoms with Gasteiger partial charge in [0.25, 0.3) is 0 Å². The Labute approximate surface area is 152 Å². The number of hydrogen-bond acceptors (Lipinski definition) is 3. The molecule has 1 heterocycles. The fourth-order valence-electron chi connectivity index (χ4n) is 2.82. The Morgan fingerprint density at radius 3 is 2.60 bits per heavy atom. The normalized spacial score (nSPS) is 17.8. The Hall–Kier alpha value is -0.880. The van der Waals surface area contributed by atoms with Crippen molar-refractivity contribution in [3.05, 3.63) is 23.8 Å². The number of rotatable bonds is 10. The first-order valence-corrected chi connectivity index (χ1v) is 10.1. The summed E-state index contributed by atoms with van der Waals surface area (Å²) in [4.78, 5) is 0.194. The van der Waals surface area contributed by atoms with E-state index in [1.54, 1.807) is 6.07 Å².